The zero-order valence-electron chi connectivity index (χ0n) is 20.4. The van der Waals surface area contributed by atoms with Gasteiger partial charge in [0.25, 0.3) is 0 Å². The Hall–Kier alpha value is -3.53. The monoisotopic (exact) mass is 485 g/mol. The Labute approximate surface area is 210 Å². The van der Waals surface area contributed by atoms with Crippen molar-refractivity contribution in [2.45, 2.75) is 37.9 Å². The lowest BCUT2D eigenvalue weighted by Crippen LogP contribution is -2.29. The summed E-state index contributed by atoms with van der Waals surface area (Å²) in [5, 5.41) is 10.2. The number of aryl methyl sites for hydroxylation is 1. The van der Waals surface area contributed by atoms with E-state index >= 15 is 0 Å². The molecule has 0 fully saturated rings. The zero-order valence-corrected chi connectivity index (χ0v) is 20.4. The van der Waals surface area contributed by atoms with Crippen LogP contribution in [-0.2, 0) is 23.4 Å². The molecule has 2 heterocycles. The summed E-state index contributed by atoms with van der Waals surface area (Å²) in [6, 6.07) is 19.3. The molecule has 0 bridgehead atoms. The van der Waals surface area contributed by atoms with E-state index in [-0.39, 0.29) is 11.6 Å². The Morgan fingerprint density at radius 1 is 1.00 bits per heavy atom. The second-order valence-corrected chi connectivity index (χ2v) is 9.62. The second kappa shape index (κ2) is 10.2. The normalized spacial score (nSPS) is 17.0. The van der Waals surface area contributed by atoms with Crippen LogP contribution >= 0.6 is 0 Å². The third kappa shape index (κ3) is 4.77. The Morgan fingerprint density at radius 3 is 2.58 bits per heavy atom. The number of rotatable bonds is 9. The van der Waals surface area contributed by atoms with Gasteiger partial charge in [-0.3, -0.25) is 0 Å². The van der Waals surface area contributed by atoms with E-state index in [9.17, 15) is 14.0 Å². The van der Waals surface area contributed by atoms with Gasteiger partial charge >= 0.3 is 0 Å². The van der Waals surface area contributed by atoms with Crippen molar-refractivity contribution in [3.05, 3.63) is 106 Å². The zero-order chi connectivity index (χ0) is 25.1. The first-order valence-corrected chi connectivity index (χ1v) is 12.4. The number of aromatic amines is 1. The van der Waals surface area contributed by atoms with Crippen LogP contribution in [0, 0.1) is 23.0 Å². The Morgan fingerprint density at radius 2 is 1.78 bits per heavy atom. The number of benzene rings is 3. The molecule has 0 saturated carbocycles. The summed E-state index contributed by atoms with van der Waals surface area (Å²) >= 11 is 0. The number of nitrogens with one attached hydrogen (secondary N) is 1. The van der Waals surface area contributed by atoms with Crippen LogP contribution in [0.15, 0.2) is 66.9 Å². The van der Waals surface area contributed by atoms with Gasteiger partial charge in [-0.2, -0.15) is 5.26 Å². The van der Waals surface area contributed by atoms with Gasteiger partial charge in [0, 0.05) is 17.1 Å². The van der Waals surface area contributed by atoms with E-state index < -0.39 is 5.60 Å². The van der Waals surface area contributed by atoms with E-state index in [1.807, 2.05) is 24.4 Å². The molecule has 0 spiro atoms. The minimum atomic E-state index is -0.647. The third-order valence-electron chi connectivity index (χ3n) is 7.24. The van der Waals surface area contributed by atoms with E-state index in [0.29, 0.717) is 12.2 Å². The number of hydrogen-bond acceptors (Lipinski definition) is 3. The summed E-state index contributed by atoms with van der Waals surface area (Å²) in [4.78, 5) is 5.53. The standard InChI is InChI=1S/C30H29F2N3O/c1-35(14-2-4-22-19-34-29-12-10-26(32)17-27(22)29)15-3-13-30(24-6-8-25(31)9-7-24)28-11-5-21(18-33)16-23(28)20-36-30/h5-12,16-17,19,34H,2-4,13-15,20H2,1H3. The van der Waals surface area contributed by atoms with Gasteiger partial charge < -0.3 is 14.6 Å². The number of nitriles is 1. The van der Waals surface area contributed by atoms with Crippen molar-refractivity contribution in [1.82, 2.24) is 9.88 Å². The van der Waals surface area contributed by atoms with E-state index in [4.69, 9.17) is 4.74 Å². The van der Waals surface area contributed by atoms with Crippen LogP contribution in [0.1, 0.15) is 47.1 Å². The summed E-state index contributed by atoms with van der Waals surface area (Å²) < 4.78 is 33.7. The Bertz CT molecular complexity index is 1410. The summed E-state index contributed by atoms with van der Waals surface area (Å²) in [7, 11) is 2.11. The fraction of sp³-hybridized carbons (Fsp3) is 0.300. The average Bonchev–Trinajstić information content (AvgIpc) is 3.46. The molecule has 1 aliphatic heterocycles. The summed E-state index contributed by atoms with van der Waals surface area (Å²) in [5.41, 5.74) is 5.08. The molecule has 5 rings (SSSR count). The second-order valence-electron chi connectivity index (χ2n) is 9.62. The first-order valence-electron chi connectivity index (χ1n) is 12.4. The molecular formula is C30H29F2N3O. The molecule has 184 valence electrons. The smallest absolute Gasteiger partial charge is 0.123 e. The van der Waals surface area contributed by atoms with Crippen LogP contribution in [0.4, 0.5) is 8.78 Å². The highest BCUT2D eigenvalue weighted by molar-refractivity contribution is 5.83. The molecule has 1 unspecified atom stereocenters. The highest BCUT2D eigenvalue weighted by atomic mass is 19.1. The van der Waals surface area contributed by atoms with Crippen molar-refractivity contribution in [3.8, 4) is 6.07 Å². The predicted molar refractivity (Wildman–Crippen MR) is 136 cm³/mol. The molecule has 1 aliphatic rings. The number of H-pyrrole nitrogens is 1. The lowest BCUT2D eigenvalue weighted by molar-refractivity contribution is -0.0142. The van der Waals surface area contributed by atoms with E-state index in [2.05, 4.69) is 23.0 Å². The lowest BCUT2D eigenvalue weighted by atomic mass is 9.81. The molecule has 4 aromatic rings. The molecule has 1 aromatic heterocycles. The SMILES string of the molecule is CN(CCCc1c[nH]c2ccc(F)cc12)CCCC1(c2ccc(F)cc2)OCc2cc(C#N)ccc21. The number of nitrogens with zero attached hydrogens (tertiary/aromatic N) is 2. The van der Waals surface area contributed by atoms with Crippen molar-refractivity contribution < 1.29 is 13.5 Å². The molecule has 4 nitrogen and oxygen atoms in total. The first kappa shape index (κ1) is 24.2. The maximum atomic E-state index is 13.7. The molecule has 0 amide bonds. The van der Waals surface area contributed by atoms with Gasteiger partial charge in [-0.05, 0) is 111 Å². The maximum absolute atomic E-state index is 13.7. The van der Waals surface area contributed by atoms with Gasteiger partial charge in [0.05, 0.1) is 18.2 Å². The van der Waals surface area contributed by atoms with Gasteiger partial charge in [-0.1, -0.05) is 18.2 Å². The Kier molecular flexibility index (Phi) is 6.86. The van der Waals surface area contributed by atoms with Crippen LogP contribution in [0.25, 0.3) is 10.9 Å². The van der Waals surface area contributed by atoms with Gasteiger partial charge in [0.15, 0.2) is 0 Å². The minimum absolute atomic E-state index is 0.213. The van der Waals surface area contributed by atoms with Gasteiger partial charge in [0.2, 0.25) is 0 Å². The number of ether oxygens (including phenoxy) is 1. The van der Waals surface area contributed by atoms with E-state index in [1.165, 1.54) is 18.2 Å². The quantitative estimate of drug-likeness (QED) is 0.297. The number of aromatic nitrogens is 1. The highest BCUT2D eigenvalue weighted by Gasteiger charge is 2.41. The van der Waals surface area contributed by atoms with Crippen molar-refractivity contribution in [2.75, 3.05) is 20.1 Å². The van der Waals surface area contributed by atoms with Crippen LogP contribution in [-0.4, -0.2) is 30.0 Å². The fourth-order valence-corrected chi connectivity index (χ4v) is 5.37. The highest BCUT2D eigenvalue weighted by Crippen LogP contribution is 2.45. The van der Waals surface area contributed by atoms with Crippen molar-refractivity contribution in [2.24, 2.45) is 0 Å². The van der Waals surface area contributed by atoms with Crippen LogP contribution in [0.3, 0.4) is 0 Å². The minimum Gasteiger partial charge on any atom is -0.361 e. The first-order chi connectivity index (χ1) is 17.5. The van der Waals surface area contributed by atoms with Crippen molar-refractivity contribution in [1.29, 1.82) is 5.26 Å². The van der Waals surface area contributed by atoms with Crippen LogP contribution in [0.2, 0.25) is 0 Å². The summed E-state index contributed by atoms with van der Waals surface area (Å²) in [6.07, 6.45) is 5.47. The molecule has 0 aliphatic carbocycles. The van der Waals surface area contributed by atoms with E-state index in [1.54, 1.807) is 24.3 Å². The predicted octanol–water partition coefficient (Wildman–Crippen LogP) is 6.44. The summed E-state index contributed by atoms with van der Waals surface area (Å²) in [6.45, 7) is 2.25. The van der Waals surface area contributed by atoms with E-state index in [0.717, 1.165) is 71.9 Å². The van der Waals surface area contributed by atoms with Gasteiger partial charge in [0.1, 0.15) is 17.2 Å². The molecule has 6 heteroatoms. The molecule has 36 heavy (non-hydrogen) atoms. The van der Waals surface area contributed by atoms with Crippen molar-refractivity contribution >= 4 is 10.9 Å². The molecule has 3 aromatic carbocycles. The van der Waals surface area contributed by atoms with Crippen molar-refractivity contribution in [3.63, 3.8) is 0 Å². The number of halogens is 2. The van der Waals surface area contributed by atoms with Gasteiger partial charge in [-0.15, -0.1) is 0 Å². The van der Waals surface area contributed by atoms with Gasteiger partial charge in [-0.25, -0.2) is 8.78 Å². The lowest BCUT2D eigenvalue weighted by Gasteiger charge is -2.31. The fourth-order valence-electron chi connectivity index (χ4n) is 5.37. The molecule has 0 saturated heterocycles. The molecule has 0 radical (unpaired) electrons. The van der Waals surface area contributed by atoms with Crippen LogP contribution < -0.4 is 0 Å². The third-order valence-corrected chi connectivity index (χ3v) is 7.24. The summed E-state index contributed by atoms with van der Waals surface area (Å²) in [5.74, 6) is -0.486. The maximum Gasteiger partial charge on any atom is 0.123 e. The molecular weight excluding hydrogens is 456 g/mol. The largest absolute Gasteiger partial charge is 0.361 e. The Balaban J connectivity index is 1.23. The average molecular weight is 486 g/mol. The molecule has 1 atom stereocenters. The number of fused-ring (bicyclic) bond motifs is 2. The van der Waals surface area contributed by atoms with Crippen LogP contribution in [0.5, 0.6) is 0 Å². The molecule has 1 N–H and O–H groups in total. The topological polar surface area (TPSA) is 52.0 Å². The number of hydrogen-bond donors (Lipinski definition) is 1.